The Balaban J connectivity index is 1.80. The van der Waals surface area contributed by atoms with Gasteiger partial charge in [-0.05, 0) is 41.6 Å². The second-order valence-electron chi connectivity index (χ2n) is 5.85. The zero-order valence-corrected chi connectivity index (χ0v) is 15.0. The van der Waals surface area contributed by atoms with Crippen molar-refractivity contribution in [2.24, 2.45) is 0 Å². The van der Waals surface area contributed by atoms with Crippen molar-refractivity contribution in [3.8, 4) is 5.88 Å². The Kier molecular flexibility index (Phi) is 5.17. The molecular weight excluding hydrogens is 330 g/mol. The fourth-order valence-electron chi connectivity index (χ4n) is 2.63. The minimum atomic E-state index is -0.296. The summed E-state index contributed by atoms with van der Waals surface area (Å²) in [4.78, 5) is 20.0. The smallest absolute Gasteiger partial charge is 0.320 e. The van der Waals surface area contributed by atoms with E-state index >= 15 is 0 Å². The van der Waals surface area contributed by atoms with Gasteiger partial charge in [-0.25, -0.2) is 14.8 Å². The normalized spacial score (nSPS) is 10.4. The summed E-state index contributed by atoms with van der Waals surface area (Å²) in [6.07, 6.45) is 3.56. The number of nitrogens with zero attached hydrogens (tertiary/aromatic N) is 2. The molecule has 0 aliphatic carbocycles. The minimum Gasteiger partial charge on any atom is -0.481 e. The van der Waals surface area contributed by atoms with Crippen LogP contribution in [0.3, 0.4) is 0 Å². The molecule has 0 atom stereocenters. The van der Waals surface area contributed by atoms with E-state index in [0.717, 1.165) is 27.6 Å². The van der Waals surface area contributed by atoms with Gasteiger partial charge in [0.1, 0.15) is 5.82 Å². The minimum absolute atomic E-state index is 0.296. The van der Waals surface area contributed by atoms with Crippen LogP contribution < -0.4 is 20.7 Å². The van der Waals surface area contributed by atoms with Gasteiger partial charge >= 0.3 is 6.03 Å². The molecule has 3 rings (SSSR count). The molecule has 0 bridgehead atoms. The third-order valence-electron chi connectivity index (χ3n) is 4.02. The number of anilines is 2. The Morgan fingerprint density at radius 2 is 2.00 bits per heavy atom. The molecule has 2 heterocycles. The molecule has 7 nitrogen and oxygen atoms in total. The summed E-state index contributed by atoms with van der Waals surface area (Å²) in [7, 11) is 3.16. The van der Waals surface area contributed by atoms with E-state index in [4.69, 9.17) is 4.74 Å². The van der Waals surface area contributed by atoms with E-state index in [1.807, 2.05) is 31.2 Å². The number of carbonyl (C=O) groups excluding carboxylic acids is 1. The lowest BCUT2D eigenvalue weighted by Gasteiger charge is -2.11. The van der Waals surface area contributed by atoms with Crippen LogP contribution in [0.25, 0.3) is 10.8 Å². The van der Waals surface area contributed by atoms with Gasteiger partial charge in [-0.3, -0.25) is 5.32 Å². The van der Waals surface area contributed by atoms with Gasteiger partial charge in [0, 0.05) is 43.1 Å². The molecule has 3 N–H and O–H groups in total. The van der Waals surface area contributed by atoms with Crippen LogP contribution in [0.1, 0.15) is 11.1 Å². The number of hydrogen-bond donors (Lipinski definition) is 3. The zero-order valence-electron chi connectivity index (χ0n) is 15.0. The highest BCUT2D eigenvalue weighted by atomic mass is 16.5. The first kappa shape index (κ1) is 17.5. The first-order valence-corrected chi connectivity index (χ1v) is 8.21. The van der Waals surface area contributed by atoms with Gasteiger partial charge in [0.25, 0.3) is 0 Å². The van der Waals surface area contributed by atoms with Crippen molar-refractivity contribution in [3.63, 3.8) is 0 Å². The molecule has 134 valence electrons. The van der Waals surface area contributed by atoms with Crippen molar-refractivity contribution < 1.29 is 9.53 Å². The second kappa shape index (κ2) is 7.69. The summed E-state index contributed by atoms with van der Waals surface area (Å²) in [5.41, 5.74) is 3.15. The zero-order chi connectivity index (χ0) is 18.5. The SMILES string of the molecule is CNC(=O)Nc1cc2cc(NCc3ccc(OC)nc3)cc(C)c2cn1. The number of nitrogens with one attached hydrogen (secondary N) is 3. The van der Waals surface area contributed by atoms with Gasteiger partial charge in [-0.1, -0.05) is 6.07 Å². The first-order valence-electron chi connectivity index (χ1n) is 8.21. The summed E-state index contributed by atoms with van der Waals surface area (Å²) in [5.74, 6) is 1.10. The van der Waals surface area contributed by atoms with Gasteiger partial charge in [-0.15, -0.1) is 0 Å². The van der Waals surface area contributed by atoms with E-state index in [1.165, 1.54) is 0 Å². The summed E-state index contributed by atoms with van der Waals surface area (Å²) in [5, 5.41) is 10.7. The molecular formula is C19H21N5O2. The molecule has 0 saturated carbocycles. The van der Waals surface area contributed by atoms with Crippen LogP contribution in [-0.4, -0.2) is 30.2 Å². The molecule has 0 aliphatic rings. The van der Waals surface area contributed by atoms with Crippen LogP contribution in [0.5, 0.6) is 5.88 Å². The number of aromatic nitrogens is 2. The van der Waals surface area contributed by atoms with Gasteiger partial charge in [0.15, 0.2) is 0 Å². The van der Waals surface area contributed by atoms with Gasteiger partial charge < -0.3 is 15.4 Å². The molecule has 2 amide bonds. The molecule has 3 aromatic rings. The summed E-state index contributed by atoms with van der Waals surface area (Å²) < 4.78 is 5.07. The van der Waals surface area contributed by atoms with Crippen LogP contribution >= 0.6 is 0 Å². The number of rotatable bonds is 5. The monoisotopic (exact) mass is 351 g/mol. The highest BCUT2D eigenvalue weighted by Gasteiger charge is 2.06. The van der Waals surface area contributed by atoms with Crippen LogP contribution in [-0.2, 0) is 6.54 Å². The predicted molar refractivity (Wildman–Crippen MR) is 103 cm³/mol. The quantitative estimate of drug-likeness (QED) is 0.656. The average Bonchev–Trinajstić information content (AvgIpc) is 2.66. The average molecular weight is 351 g/mol. The van der Waals surface area contributed by atoms with Crippen molar-refractivity contribution in [1.29, 1.82) is 0 Å². The molecule has 0 fully saturated rings. The van der Waals surface area contributed by atoms with Gasteiger partial charge in [0.2, 0.25) is 5.88 Å². The Morgan fingerprint density at radius 1 is 1.15 bits per heavy atom. The fraction of sp³-hybridized carbons (Fsp3) is 0.211. The number of ether oxygens (including phenoxy) is 1. The van der Waals surface area contributed by atoms with E-state index in [9.17, 15) is 4.79 Å². The van der Waals surface area contributed by atoms with E-state index < -0.39 is 0 Å². The third kappa shape index (κ3) is 4.00. The topological polar surface area (TPSA) is 88.2 Å². The van der Waals surface area contributed by atoms with Crippen LogP contribution in [0, 0.1) is 6.92 Å². The Hall–Kier alpha value is -3.35. The number of amides is 2. The number of carbonyl (C=O) groups is 1. The molecule has 0 unspecified atom stereocenters. The number of benzene rings is 1. The number of aryl methyl sites for hydroxylation is 1. The predicted octanol–water partition coefficient (Wildman–Crippen LogP) is 3.31. The molecule has 1 aromatic carbocycles. The summed E-state index contributed by atoms with van der Waals surface area (Å²) >= 11 is 0. The number of methoxy groups -OCH3 is 1. The number of pyridine rings is 2. The molecule has 26 heavy (non-hydrogen) atoms. The van der Waals surface area contributed by atoms with Crippen LogP contribution in [0.2, 0.25) is 0 Å². The number of hydrogen-bond acceptors (Lipinski definition) is 5. The lowest BCUT2D eigenvalue weighted by atomic mass is 10.1. The molecule has 7 heteroatoms. The number of urea groups is 1. The standard InChI is InChI=1S/C19H21N5O2/c1-12-6-15(21-9-13-4-5-18(26-3)23-10-13)7-14-8-17(22-11-16(12)14)24-19(25)20-2/h4-8,10-11,21H,9H2,1-3H3,(H2,20,22,24,25). The Labute approximate surface area is 151 Å². The second-order valence-corrected chi connectivity index (χ2v) is 5.85. The molecule has 0 radical (unpaired) electrons. The van der Waals surface area contributed by atoms with E-state index in [0.29, 0.717) is 18.2 Å². The van der Waals surface area contributed by atoms with Crippen molar-refractivity contribution in [2.75, 3.05) is 24.8 Å². The summed E-state index contributed by atoms with van der Waals surface area (Å²) in [6.45, 7) is 2.69. The van der Waals surface area contributed by atoms with Crippen LogP contribution in [0.4, 0.5) is 16.3 Å². The largest absolute Gasteiger partial charge is 0.481 e. The number of fused-ring (bicyclic) bond motifs is 1. The maximum atomic E-state index is 11.5. The maximum Gasteiger partial charge on any atom is 0.320 e. The molecule has 2 aromatic heterocycles. The summed E-state index contributed by atoms with van der Waals surface area (Å²) in [6, 6.07) is 9.49. The lowest BCUT2D eigenvalue weighted by molar-refractivity contribution is 0.254. The Morgan fingerprint density at radius 3 is 2.69 bits per heavy atom. The first-order chi connectivity index (χ1) is 12.6. The van der Waals surface area contributed by atoms with Gasteiger partial charge in [-0.2, -0.15) is 0 Å². The highest BCUT2D eigenvalue weighted by molar-refractivity contribution is 5.93. The van der Waals surface area contributed by atoms with Crippen molar-refractivity contribution >= 4 is 28.3 Å². The van der Waals surface area contributed by atoms with Gasteiger partial charge in [0.05, 0.1) is 7.11 Å². The highest BCUT2D eigenvalue weighted by Crippen LogP contribution is 2.25. The molecule has 0 aliphatic heterocycles. The van der Waals surface area contributed by atoms with E-state index in [-0.39, 0.29) is 6.03 Å². The third-order valence-corrected chi connectivity index (χ3v) is 4.02. The molecule has 0 saturated heterocycles. The van der Waals surface area contributed by atoms with Crippen molar-refractivity contribution in [1.82, 2.24) is 15.3 Å². The van der Waals surface area contributed by atoms with Crippen molar-refractivity contribution in [2.45, 2.75) is 13.5 Å². The van der Waals surface area contributed by atoms with Crippen molar-refractivity contribution in [3.05, 3.63) is 53.9 Å². The maximum absolute atomic E-state index is 11.5. The molecule has 0 spiro atoms. The lowest BCUT2D eigenvalue weighted by Crippen LogP contribution is -2.24. The Bertz CT molecular complexity index is 925. The van der Waals surface area contributed by atoms with Crippen LogP contribution in [0.15, 0.2) is 42.7 Å². The van der Waals surface area contributed by atoms with E-state index in [1.54, 1.807) is 26.6 Å². The fourth-order valence-corrected chi connectivity index (χ4v) is 2.63. The van der Waals surface area contributed by atoms with E-state index in [2.05, 4.69) is 32.0 Å².